The van der Waals surface area contributed by atoms with Crippen molar-refractivity contribution >= 4 is 35.1 Å². The van der Waals surface area contributed by atoms with Gasteiger partial charge in [0.05, 0.1) is 11.3 Å². The van der Waals surface area contributed by atoms with Gasteiger partial charge in [-0.3, -0.25) is 9.78 Å². The van der Waals surface area contributed by atoms with Crippen LogP contribution in [0.1, 0.15) is 17.3 Å². The fourth-order valence-corrected chi connectivity index (χ4v) is 4.49. The van der Waals surface area contributed by atoms with Crippen molar-refractivity contribution in [1.29, 1.82) is 0 Å². The lowest BCUT2D eigenvalue weighted by molar-refractivity contribution is 0.0954. The molecule has 6 heteroatoms. The fraction of sp³-hybridized carbons (Fsp3) is 0.538. The Balaban J connectivity index is 1.91. The molecule has 2 heterocycles. The molecule has 1 aliphatic rings. The summed E-state index contributed by atoms with van der Waals surface area (Å²) in [4.78, 5) is 16.2. The predicted octanol–water partition coefficient (Wildman–Crippen LogP) is 2.09. The van der Waals surface area contributed by atoms with Crippen LogP contribution in [-0.4, -0.2) is 46.5 Å². The molecule has 1 atom stereocenters. The molecule has 2 N–H and O–H groups in total. The molecule has 0 saturated carbocycles. The average Bonchev–Trinajstić information content (AvgIpc) is 2.47. The molecule has 1 aromatic rings. The Hall–Kier alpha value is -0.880. The van der Waals surface area contributed by atoms with Crippen molar-refractivity contribution in [2.45, 2.75) is 12.2 Å². The van der Waals surface area contributed by atoms with E-state index in [9.17, 15) is 4.79 Å². The molecule has 1 fully saturated rings. The zero-order chi connectivity index (χ0) is 13.5. The second-order valence-electron chi connectivity index (χ2n) is 4.23. The van der Waals surface area contributed by atoms with Crippen LogP contribution in [0.2, 0.25) is 0 Å². The number of carbonyl (C=O) groups is 1. The number of hydrogen-bond donors (Lipinski definition) is 2. The predicted molar refractivity (Wildman–Crippen MR) is 84.3 cm³/mol. The van der Waals surface area contributed by atoms with E-state index < -0.39 is 0 Å². The van der Waals surface area contributed by atoms with E-state index >= 15 is 0 Å². The van der Waals surface area contributed by atoms with E-state index in [0.717, 1.165) is 24.5 Å². The lowest BCUT2D eigenvalue weighted by Gasteiger charge is -2.21. The van der Waals surface area contributed by atoms with E-state index in [0.29, 0.717) is 10.8 Å². The van der Waals surface area contributed by atoms with Gasteiger partial charge in [0.15, 0.2) is 0 Å². The number of hydrogen-bond acceptors (Lipinski definition) is 5. The SMILES string of the molecule is CCNc1ccncc1C(=O)NCC1CSCCS1. The third kappa shape index (κ3) is 4.31. The van der Waals surface area contributed by atoms with Crippen LogP contribution in [-0.2, 0) is 0 Å². The molecule has 0 aromatic carbocycles. The molecule has 4 nitrogen and oxygen atoms in total. The summed E-state index contributed by atoms with van der Waals surface area (Å²) < 4.78 is 0. The monoisotopic (exact) mass is 297 g/mol. The van der Waals surface area contributed by atoms with Gasteiger partial charge in [0, 0.05) is 48.0 Å². The number of rotatable bonds is 5. The Morgan fingerprint density at radius 3 is 3.16 bits per heavy atom. The van der Waals surface area contributed by atoms with Crippen molar-refractivity contribution in [1.82, 2.24) is 10.3 Å². The van der Waals surface area contributed by atoms with Gasteiger partial charge in [-0.25, -0.2) is 0 Å². The Kier molecular flexibility index (Phi) is 5.85. The van der Waals surface area contributed by atoms with Gasteiger partial charge in [-0.1, -0.05) is 0 Å². The minimum atomic E-state index is -0.0415. The topological polar surface area (TPSA) is 54.0 Å². The van der Waals surface area contributed by atoms with Crippen LogP contribution < -0.4 is 10.6 Å². The number of thioether (sulfide) groups is 2. The van der Waals surface area contributed by atoms with Crippen molar-refractivity contribution in [2.24, 2.45) is 0 Å². The Morgan fingerprint density at radius 1 is 1.53 bits per heavy atom. The number of nitrogens with one attached hydrogen (secondary N) is 2. The van der Waals surface area contributed by atoms with E-state index in [1.165, 1.54) is 11.5 Å². The molecule has 1 unspecified atom stereocenters. The van der Waals surface area contributed by atoms with Crippen molar-refractivity contribution in [3.05, 3.63) is 24.0 Å². The molecule has 0 radical (unpaired) electrons. The maximum Gasteiger partial charge on any atom is 0.254 e. The Labute approximate surface area is 122 Å². The van der Waals surface area contributed by atoms with Crippen LogP contribution in [0.25, 0.3) is 0 Å². The number of pyridine rings is 1. The van der Waals surface area contributed by atoms with Crippen molar-refractivity contribution in [2.75, 3.05) is 35.7 Å². The quantitative estimate of drug-likeness (QED) is 0.871. The zero-order valence-electron chi connectivity index (χ0n) is 11.0. The van der Waals surface area contributed by atoms with Gasteiger partial charge in [-0.05, 0) is 13.0 Å². The first-order chi connectivity index (χ1) is 9.31. The standard InChI is InChI=1S/C13H19N3OS2/c1-2-15-12-3-4-14-8-11(12)13(17)16-7-10-9-18-5-6-19-10/h3-4,8,10H,2,5-7,9H2,1H3,(H,14,15)(H,16,17). The van der Waals surface area contributed by atoms with Gasteiger partial charge in [-0.2, -0.15) is 23.5 Å². The summed E-state index contributed by atoms with van der Waals surface area (Å²) in [5.74, 6) is 3.49. The normalized spacial score (nSPS) is 18.9. The molecule has 19 heavy (non-hydrogen) atoms. The van der Waals surface area contributed by atoms with Crippen LogP contribution in [0.5, 0.6) is 0 Å². The highest BCUT2D eigenvalue weighted by atomic mass is 32.2. The third-order valence-electron chi connectivity index (χ3n) is 2.81. The number of anilines is 1. The van der Waals surface area contributed by atoms with Crippen LogP contribution in [0, 0.1) is 0 Å². The fourth-order valence-electron chi connectivity index (χ4n) is 1.88. The van der Waals surface area contributed by atoms with Crippen LogP contribution >= 0.6 is 23.5 Å². The lowest BCUT2D eigenvalue weighted by Crippen LogP contribution is -2.33. The molecule has 0 spiro atoms. The molecule has 2 rings (SSSR count). The Morgan fingerprint density at radius 2 is 2.42 bits per heavy atom. The van der Waals surface area contributed by atoms with Gasteiger partial charge < -0.3 is 10.6 Å². The maximum atomic E-state index is 12.2. The summed E-state index contributed by atoms with van der Waals surface area (Å²) in [5, 5.41) is 6.73. The lowest BCUT2D eigenvalue weighted by atomic mass is 10.2. The first kappa shape index (κ1) is 14.5. The van der Waals surface area contributed by atoms with E-state index in [1.54, 1.807) is 12.4 Å². The molecule has 0 aliphatic carbocycles. The highest BCUT2D eigenvalue weighted by molar-refractivity contribution is 8.06. The van der Waals surface area contributed by atoms with Gasteiger partial charge >= 0.3 is 0 Å². The molecule has 0 bridgehead atoms. The second-order valence-corrected chi connectivity index (χ2v) is 6.79. The maximum absolute atomic E-state index is 12.2. The van der Waals surface area contributed by atoms with Crippen LogP contribution in [0.15, 0.2) is 18.5 Å². The third-order valence-corrected chi connectivity index (χ3v) is 5.65. The largest absolute Gasteiger partial charge is 0.385 e. The first-order valence-electron chi connectivity index (χ1n) is 6.46. The summed E-state index contributed by atoms with van der Waals surface area (Å²) in [5.41, 5.74) is 1.47. The molecule has 1 amide bonds. The highest BCUT2D eigenvalue weighted by Gasteiger charge is 2.17. The van der Waals surface area contributed by atoms with E-state index in [-0.39, 0.29) is 5.91 Å². The first-order valence-corrected chi connectivity index (χ1v) is 8.67. The summed E-state index contributed by atoms with van der Waals surface area (Å²) in [6, 6.07) is 1.84. The van der Waals surface area contributed by atoms with E-state index in [2.05, 4.69) is 15.6 Å². The van der Waals surface area contributed by atoms with Crippen molar-refractivity contribution in [3.63, 3.8) is 0 Å². The summed E-state index contributed by atoms with van der Waals surface area (Å²) in [6.07, 6.45) is 3.32. The summed E-state index contributed by atoms with van der Waals surface area (Å²) in [6.45, 7) is 3.54. The van der Waals surface area contributed by atoms with E-state index in [4.69, 9.17) is 0 Å². The van der Waals surface area contributed by atoms with Crippen LogP contribution in [0.3, 0.4) is 0 Å². The van der Waals surface area contributed by atoms with Crippen molar-refractivity contribution in [3.8, 4) is 0 Å². The number of aromatic nitrogens is 1. The minimum absolute atomic E-state index is 0.0415. The summed E-state index contributed by atoms with van der Waals surface area (Å²) >= 11 is 3.91. The van der Waals surface area contributed by atoms with Gasteiger partial charge in [0.25, 0.3) is 5.91 Å². The molecule has 1 aromatic heterocycles. The van der Waals surface area contributed by atoms with Crippen molar-refractivity contribution < 1.29 is 4.79 Å². The van der Waals surface area contributed by atoms with Gasteiger partial charge in [0.1, 0.15) is 0 Å². The zero-order valence-corrected chi connectivity index (χ0v) is 12.6. The smallest absolute Gasteiger partial charge is 0.254 e. The molecule has 1 aliphatic heterocycles. The van der Waals surface area contributed by atoms with Gasteiger partial charge in [0.2, 0.25) is 0 Å². The minimum Gasteiger partial charge on any atom is -0.385 e. The molecular formula is C13H19N3OS2. The Bertz CT molecular complexity index is 422. The molecule has 1 saturated heterocycles. The molecular weight excluding hydrogens is 278 g/mol. The second kappa shape index (κ2) is 7.65. The van der Waals surface area contributed by atoms with E-state index in [1.807, 2.05) is 36.5 Å². The highest BCUT2D eigenvalue weighted by Crippen LogP contribution is 2.23. The number of amides is 1. The molecule has 104 valence electrons. The summed E-state index contributed by atoms with van der Waals surface area (Å²) in [7, 11) is 0. The average molecular weight is 297 g/mol. The van der Waals surface area contributed by atoms with Crippen LogP contribution in [0.4, 0.5) is 5.69 Å². The number of nitrogens with zero attached hydrogens (tertiary/aromatic N) is 1. The number of carbonyl (C=O) groups excluding carboxylic acids is 1. The van der Waals surface area contributed by atoms with Gasteiger partial charge in [-0.15, -0.1) is 0 Å².